The summed E-state index contributed by atoms with van der Waals surface area (Å²) in [5.74, 6) is 1.31. The molecule has 1 aliphatic rings. The van der Waals surface area contributed by atoms with Gasteiger partial charge in [-0.05, 0) is 18.3 Å². The Kier molecular flexibility index (Phi) is 2.61. The smallest absolute Gasteiger partial charge is 0.276 e. The SMILES string of the molecule is CC1CC1CN(C)C(=O)c1nn(C)cc1N. The summed E-state index contributed by atoms with van der Waals surface area (Å²) >= 11 is 0. The van der Waals surface area contributed by atoms with Gasteiger partial charge in [-0.25, -0.2) is 0 Å². The monoisotopic (exact) mass is 222 g/mol. The van der Waals surface area contributed by atoms with Crippen LogP contribution in [0.5, 0.6) is 0 Å². The van der Waals surface area contributed by atoms with Crippen molar-refractivity contribution in [1.82, 2.24) is 14.7 Å². The van der Waals surface area contributed by atoms with E-state index in [9.17, 15) is 4.79 Å². The highest BCUT2D eigenvalue weighted by molar-refractivity contribution is 5.96. The predicted molar refractivity (Wildman–Crippen MR) is 61.9 cm³/mol. The molecule has 1 aromatic heterocycles. The van der Waals surface area contributed by atoms with Crippen LogP contribution in [-0.4, -0.2) is 34.2 Å². The molecule has 2 rings (SSSR count). The standard InChI is InChI=1S/C11H18N4O/c1-7-4-8(7)5-14(2)11(16)10-9(12)6-15(3)13-10/h6-8H,4-5,12H2,1-3H3. The van der Waals surface area contributed by atoms with Crippen molar-refractivity contribution >= 4 is 11.6 Å². The maximum atomic E-state index is 12.0. The number of aryl methyl sites for hydroxylation is 1. The molecule has 5 nitrogen and oxygen atoms in total. The summed E-state index contributed by atoms with van der Waals surface area (Å²) < 4.78 is 1.57. The number of hydrogen-bond acceptors (Lipinski definition) is 3. The number of anilines is 1. The second kappa shape index (κ2) is 3.81. The molecule has 88 valence electrons. The molecule has 1 aromatic rings. The molecule has 0 bridgehead atoms. The van der Waals surface area contributed by atoms with Crippen LogP contribution in [0.2, 0.25) is 0 Å². The van der Waals surface area contributed by atoms with Crippen molar-refractivity contribution in [3.63, 3.8) is 0 Å². The van der Waals surface area contributed by atoms with Gasteiger partial charge in [0, 0.05) is 26.8 Å². The van der Waals surface area contributed by atoms with Gasteiger partial charge in [0.2, 0.25) is 0 Å². The fourth-order valence-electron chi connectivity index (χ4n) is 1.94. The highest BCUT2D eigenvalue weighted by atomic mass is 16.2. The second-order valence-electron chi connectivity index (χ2n) is 4.77. The fraction of sp³-hybridized carbons (Fsp3) is 0.636. The van der Waals surface area contributed by atoms with Crippen LogP contribution < -0.4 is 5.73 Å². The van der Waals surface area contributed by atoms with Crippen molar-refractivity contribution in [2.24, 2.45) is 18.9 Å². The summed E-state index contributed by atoms with van der Waals surface area (Å²) in [6.07, 6.45) is 2.87. The molecule has 1 amide bonds. The molecule has 5 heteroatoms. The average molecular weight is 222 g/mol. The third kappa shape index (κ3) is 2.03. The molecule has 1 saturated carbocycles. The van der Waals surface area contributed by atoms with Gasteiger partial charge in [-0.15, -0.1) is 0 Å². The number of hydrogen-bond donors (Lipinski definition) is 1. The largest absolute Gasteiger partial charge is 0.396 e. The van der Waals surface area contributed by atoms with Crippen LogP contribution in [0.1, 0.15) is 23.8 Å². The summed E-state index contributed by atoms with van der Waals surface area (Å²) in [6, 6.07) is 0. The fourth-order valence-corrected chi connectivity index (χ4v) is 1.94. The molecular weight excluding hydrogens is 204 g/mol. The summed E-state index contributed by atoms with van der Waals surface area (Å²) in [5.41, 5.74) is 6.53. The molecule has 2 N–H and O–H groups in total. The third-order valence-corrected chi connectivity index (χ3v) is 3.19. The lowest BCUT2D eigenvalue weighted by molar-refractivity contribution is 0.0781. The Hall–Kier alpha value is -1.52. The van der Waals surface area contributed by atoms with E-state index in [2.05, 4.69) is 12.0 Å². The summed E-state index contributed by atoms with van der Waals surface area (Å²) in [7, 11) is 3.57. The van der Waals surface area contributed by atoms with Gasteiger partial charge in [-0.3, -0.25) is 9.48 Å². The van der Waals surface area contributed by atoms with Gasteiger partial charge in [0.15, 0.2) is 5.69 Å². The molecule has 2 unspecified atom stereocenters. The Morgan fingerprint density at radius 2 is 2.38 bits per heavy atom. The minimum Gasteiger partial charge on any atom is -0.396 e. The first kappa shape index (κ1) is 11.0. The first-order chi connectivity index (χ1) is 7.49. The van der Waals surface area contributed by atoms with Crippen LogP contribution in [0.4, 0.5) is 5.69 Å². The molecule has 0 radical (unpaired) electrons. The van der Waals surface area contributed by atoms with Crippen LogP contribution in [0.3, 0.4) is 0 Å². The number of carbonyl (C=O) groups is 1. The van der Waals surface area contributed by atoms with E-state index in [1.165, 1.54) is 6.42 Å². The van der Waals surface area contributed by atoms with E-state index in [-0.39, 0.29) is 5.91 Å². The number of carbonyl (C=O) groups excluding carboxylic acids is 1. The number of nitrogen functional groups attached to an aromatic ring is 1. The van der Waals surface area contributed by atoms with E-state index in [1.54, 1.807) is 22.8 Å². The molecule has 1 fully saturated rings. The Bertz CT molecular complexity index is 412. The van der Waals surface area contributed by atoms with Crippen molar-refractivity contribution < 1.29 is 4.79 Å². The van der Waals surface area contributed by atoms with Gasteiger partial charge in [0.1, 0.15) is 0 Å². The highest BCUT2D eigenvalue weighted by Gasteiger charge is 2.34. The molecule has 16 heavy (non-hydrogen) atoms. The number of aromatic nitrogens is 2. The van der Waals surface area contributed by atoms with Gasteiger partial charge in [0.25, 0.3) is 5.91 Å². The third-order valence-electron chi connectivity index (χ3n) is 3.19. The average Bonchev–Trinajstić information content (AvgIpc) is 2.77. The van der Waals surface area contributed by atoms with Crippen molar-refractivity contribution in [1.29, 1.82) is 0 Å². The van der Waals surface area contributed by atoms with Crippen LogP contribution in [0.25, 0.3) is 0 Å². The summed E-state index contributed by atoms with van der Waals surface area (Å²) in [5, 5.41) is 4.08. The molecule has 0 spiro atoms. The Labute approximate surface area is 95.2 Å². The number of amides is 1. The van der Waals surface area contributed by atoms with Crippen molar-refractivity contribution in [2.75, 3.05) is 19.3 Å². The predicted octanol–water partition coefficient (Wildman–Crippen LogP) is 0.730. The highest BCUT2D eigenvalue weighted by Crippen LogP contribution is 2.38. The van der Waals surface area contributed by atoms with E-state index in [0.717, 1.165) is 12.5 Å². The van der Waals surface area contributed by atoms with E-state index >= 15 is 0 Å². The minimum atomic E-state index is -0.0859. The van der Waals surface area contributed by atoms with Crippen molar-refractivity contribution in [3.8, 4) is 0 Å². The van der Waals surface area contributed by atoms with E-state index in [4.69, 9.17) is 5.73 Å². The van der Waals surface area contributed by atoms with Gasteiger partial charge in [-0.2, -0.15) is 5.10 Å². The molecule has 1 heterocycles. The first-order valence-electron chi connectivity index (χ1n) is 5.53. The zero-order valence-electron chi connectivity index (χ0n) is 9.97. The maximum absolute atomic E-state index is 12.0. The van der Waals surface area contributed by atoms with Crippen LogP contribution >= 0.6 is 0 Å². The minimum absolute atomic E-state index is 0.0859. The molecular formula is C11H18N4O. The lowest BCUT2D eigenvalue weighted by Crippen LogP contribution is -2.30. The van der Waals surface area contributed by atoms with E-state index < -0.39 is 0 Å². The lowest BCUT2D eigenvalue weighted by Gasteiger charge is -2.15. The molecule has 0 aliphatic heterocycles. The van der Waals surface area contributed by atoms with Crippen LogP contribution in [-0.2, 0) is 7.05 Å². The quantitative estimate of drug-likeness (QED) is 0.820. The second-order valence-corrected chi connectivity index (χ2v) is 4.77. The topological polar surface area (TPSA) is 64.2 Å². The summed E-state index contributed by atoms with van der Waals surface area (Å²) in [6.45, 7) is 3.01. The lowest BCUT2D eigenvalue weighted by atomic mass is 10.3. The zero-order valence-corrected chi connectivity index (χ0v) is 9.97. The van der Waals surface area contributed by atoms with Gasteiger partial charge in [0.05, 0.1) is 5.69 Å². The van der Waals surface area contributed by atoms with Crippen molar-refractivity contribution in [2.45, 2.75) is 13.3 Å². The van der Waals surface area contributed by atoms with E-state index in [1.807, 2.05) is 7.05 Å². The molecule has 0 aromatic carbocycles. The normalized spacial score (nSPS) is 23.2. The molecule has 2 atom stereocenters. The number of nitrogens with two attached hydrogens (primary N) is 1. The van der Waals surface area contributed by atoms with Gasteiger partial charge < -0.3 is 10.6 Å². The number of nitrogens with zero attached hydrogens (tertiary/aromatic N) is 3. The van der Waals surface area contributed by atoms with E-state index in [0.29, 0.717) is 17.3 Å². The molecule has 0 saturated heterocycles. The maximum Gasteiger partial charge on any atom is 0.276 e. The van der Waals surface area contributed by atoms with Crippen molar-refractivity contribution in [3.05, 3.63) is 11.9 Å². The zero-order chi connectivity index (χ0) is 11.9. The van der Waals surface area contributed by atoms with Gasteiger partial charge >= 0.3 is 0 Å². The summed E-state index contributed by atoms with van der Waals surface area (Å²) in [4.78, 5) is 13.7. The first-order valence-corrected chi connectivity index (χ1v) is 5.53. The van der Waals surface area contributed by atoms with Crippen LogP contribution in [0.15, 0.2) is 6.20 Å². The van der Waals surface area contributed by atoms with Gasteiger partial charge in [-0.1, -0.05) is 6.92 Å². The molecule has 1 aliphatic carbocycles. The Balaban J connectivity index is 2.03. The Morgan fingerprint density at radius 1 is 1.75 bits per heavy atom. The Morgan fingerprint density at radius 3 is 2.81 bits per heavy atom. The van der Waals surface area contributed by atoms with Crippen LogP contribution in [0, 0.1) is 11.8 Å². The number of rotatable bonds is 3.